The van der Waals surface area contributed by atoms with E-state index in [1.165, 1.54) is 0 Å². The Hall–Kier alpha value is -3.22. The Morgan fingerprint density at radius 2 is 1.38 bits per heavy atom. The molecule has 2 aromatic carbocycles. The molecule has 198 valence electrons. The lowest BCUT2D eigenvalue weighted by Gasteiger charge is -2.26. The molecule has 2 aromatic rings. The summed E-state index contributed by atoms with van der Waals surface area (Å²) in [4.78, 5) is 27.2. The number of amides is 2. The van der Waals surface area contributed by atoms with Crippen molar-refractivity contribution in [3.63, 3.8) is 0 Å². The van der Waals surface area contributed by atoms with E-state index in [-0.39, 0.29) is 24.7 Å². The van der Waals surface area contributed by atoms with Crippen LogP contribution < -0.4 is 10.2 Å². The maximum atomic E-state index is 13.2. The van der Waals surface area contributed by atoms with Gasteiger partial charge >= 0.3 is 0 Å². The van der Waals surface area contributed by atoms with E-state index in [2.05, 4.69) is 17.2 Å². The van der Waals surface area contributed by atoms with Gasteiger partial charge in [-0.25, -0.2) is 0 Å². The molecule has 0 saturated carbocycles. The Balaban J connectivity index is 1.33. The van der Waals surface area contributed by atoms with Crippen LogP contribution in [0.1, 0.15) is 36.5 Å². The lowest BCUT2D eigenvalue weighted by atomic mass is 10.0. The topological polar surface area (TPSA) is 86.3 Å². The van der Waals surface area contributed by atoms with Crippen molar-refractivity contribution >= 4 is 17.5 Å². The maximum Gasteiger partial charge on any atom is 0.227 e. The van der Waals surface area contributed by atoms with Crippen LogP contribution in [0.15, 0.2) is 48.5 Å². The molecule has 0 saturated heterocycles. The molecule has 2 amide bonds. The van der Waals surface area contributed by atoms with Crippen LogP contribution in [-0.4, -0.2) is 71.2 Å². The second-order valence-corrected chi connectivity index (χ2v) is 8.29. The van der Waals surface area contributed by atoms with E-state index in [1.54, 1.807) is 4.90 Å². The number of hydrogen-bond donors (Lipinski definition) is 1. The average molecular weight is 509 g/mol. The Morgan fingerprint density at radius 1 is 0.784 bits per heavy atom. The molecule has 37 heavy (non-hydrogen) atoms. The number of carbonyl (C=O) groups excluding carboxylic acids is 2. The molecule has 0 bridgehead atoms. The van der Waals surface area contributed by atoms with Crippen LogP contribution in [0.2, 0.25) is 0 Å². The molecule has 0 unspecified atom stereocenters. The van der Waals surface area contributed by atoms with Gasteiger partial charge in [-0.05, 0) is 30.7 Å². The van der Waals surface area contributed by atoms with Gasteiger partial charge in [0, 0.05) is 37.1 Å². The number of rotatable bonds is 16. The zero-order valence-electron chi connectivity index (χ0n) is 21.5. The van der Waals surface area contributed by atoms with Crippen LogP contribution in [0, 0.1) is 11.8 Å². The standard InChI is InChI=1S/C29H36N2O6/c1-2-34-17-18-36-21-22-37-20-19-35-16-15-30-28(32)13-14-29(33)31-23-26-9-4-3-7-24(26)11-12-25-8-5-6-10-27(25)31/h3-10H,2,13-23H2,1H3,(H,30,32). The van der Waals surface area contributed by atoms with Crippen molar-refractivity contribution in [2.24, 2.45) is 0 Å². The van der Waals surface area contributed by atoms with E-state index in [9.17, 15) is 9.59 Å². The van der Waals surface area contributed by atoms with Crippen LogP contribution in [0.25, 0.3) is 0 Å². The molecule has 8 nitrogen and oxygen atoms in total. The van der Waals surface area contributed by atoms with Crippen LogP contribution in [-0.2, 0) is 35.1 Å². The van der Waals surface area contributed by atoms with Crippen molar-refractivity contribution < 1.29 is 28.5 Å². The van der Waals surface area contributed by atoms with Crippen LogP contribution >= 0.6 is 0 Å². The molecular formula is C29H36N2O6. The van der Waals surface area contributed by atoms with Gasteiger partial charge in [-0.2, -0.15) is 0 Å². The number of anilines is 1. The zero-order valence-corrected chi connectivity index (χ0v) is 21.5. The fourth-order valence-electron chi connectivity index (χ4n) is 3.72. The monoisotopic (exact) mass is 508 g/mol. The lowest BCUT2D eigenvalue weighted by molar-refractivity contribution is -0.125. The number of carbonyl (C=O) groups is 2. The average Bonchev–Trinajstić information content (AvgIpc) is 2.91. The molecule has 0 radical (unpaired) electrons. The van der Waals surface area contributed by atoms with Crippen LogP contribution in [0.5, 0.6) is 0 Å². The molecule has 1 aliphatic rings. The van der Waals surface area contributed by atoms with Gasteiger partial charge in [0.15, 0.2) is 0 Å². The van der Waals surface area contributed by atoms with E-state index in [4.69, 9.17) is 18.9 Å². The summed E-state index contributed by atoms with van der Waals surface area (Å²) >= 11 is 0. The van der Waals surface area contributed by atoms with Gasteiger partial charge in [-0.15, -0.1) is 0 Å². The van der Waals surface area contributed by atoms with Crippen molar-refractivity contribution in [1.29, 1.82) is 0 Å². The molecular weight excluding hydrogens is 472 g/mol. The molecule has 1 heterocycles. The highest BCUT2D eigenvalue weighted by molar-refractivity contribution is 5.96. The van der Waals surface area contributed by atoms with Gasteiger partial charge < -0.3 is 29.2 Å². The second kappa shape index (κ2) is 16.5. The number of para-hydroxylation sites is 1. The summed E-state index contributed by atoms with van der Waals surface area (Å²) in [6, 6.07) is 15.4. The summed E-state index contributed by atoms with van der Waals surface area (Å²) in [7, 11) is 0. The maximum absolute atomic E-state index is 13.2. The van der Waals surface area contributed by atoms with E-state index in [0.29, 0.717) is 65.9 Å². The zero-order chi connectivity index (χ0) is 26.1. The smallest absolute Gasteiger partial charge is 0.227 e. The quantitative estimate of drug-likeness (QED) is 0.277. The Kier molecular flexibility index (Phi) is 12.7. The van der Waals surface area contributed by atoms with Gasteiger partial charge in [-0.1, -0.05) is 42.2 Å². The summed E-state index contributed by atoms with van der Waals surface area (Å²) in [5, 5.41) is 2.80. The summed E-state index contributed by atoms with van der Waals surface area (Å²) in [6.07, 6.45) is 0.217. The minimum Gasteiger partial charge on any atom is -0.379 e. The third kappa shape index (κ3) is 9.98. The van der Waals surface area contributed by atoms with E-state index < -0.39 is 0 Å². The first-order valence-electron chi connectivity index (χ1n) is 12.8. The molecule has 0 aromatic heterocycles. The first-order valence-corrected chi connectivity index (χ1v) is 12.8. The number of hydrogen-bond acceptors (Lipinski definition) is 6. The lowest BCUT2D eigenvalue weighted by Crippen LogP contribution is -2.34. The number of ether oxygens (including phenoxy) is 4. The van der Waals surface area contributed by atoms with Gasteiger partial charge in [-0.3, -0.25) is 9.59 Å². The predicted octanol–water partition coefficient (Wildman–Crippen LogP) is 2.92. The third-order valence-corrected chi connectivity index (χ3v) is 5.63. The highest BCUT2D eigenvalue weighted by Gasteiger charge is 2.21. The van der Waals surface area contributed by atoms with Crippen molar-refractivity contribution in [3.8, 4) is 11.8 Å². The Morgan fingerprint density at radius 3 is 2.11 bits per heavy atom. The van der Waals surface area contributed by atoms with Crippen LogP contribution in [0.3, 0.4) is 0 Å². The van der Waals surface area contributed by atoms with E-state index >= 15 is 0 Å². The number of benzene rings is 2. The largest absolute Gasteiger partial charge is 0.379 e. The first kappa shape index (κ1) is 28.4. The minimum absolute atomic E-state index is 0.108. The summed E-state index contributed by atoms with van der Waals surface area (Å²) in [5.74, 6) is 6.09. The second-order valence-electron chi connectivity index (χ2n) is 8.29. The van der Waals surface area contributed by atoms with Gasteiger partial charge in [0.1, 0.15) is 0 Å². The van der Waals surface area contributed by atoms with Crippen molar-refractivity contribution in [1.82, 2.24) is 5.32 Å². The molecule has 0 aliphatic carbocycles. The number of nitrogens with one attached hydrogen (secondary N) is 1. The van der Waals surface area contributed by atoms with Crippen molar-refractivity contribution in [3.05, 3.63) is 65.2 Å². The van der Waals surface area contributed by atoms with Crippen molar-refractivity contribution in [2.45, 2.75) is 26.3 Å². The minimum atomic E-state index is -0.182. The van der Waals surface area contributed by atoms with Gasteiger partial charge in [0.2, 0.25) is 11.8 Å². The van der Waals surface area contributed by atoms with E-state index in [0.717, 1.165) is 22.4 Å². The fourth-order valence-corrected chi connectivity index (χ4v) is 3.72. The highest BCUT2D eigenvalue weighted by Crippen LogP contribution is 2.26. The Bertz CT molecular complexity index is 1060. The molecule has 1 aliphatic heterocycles. The summed E-state index contributed by atoms with van der Waals surface area (Å²) < 4.78 is 21.4. The molecule has 3 rings (SSSR count). The number of fused-ring (bicyclic) bond motifs is 2. The highest BCUT2D eigenvalue weighted by atomic mass is 16.6. The summed E-state index contributed by atoms with van der Waals surface area (Å²) in [6.45, 7) is 6.88. The third-order valence-electron chi connectivity index (χ3n) is 5.63. The predicted molar refractivity (Wildman–Crippen MR) is 141 cm³/mol. The van der Waals surface area contributed by atoms with Crippen LogP contribution in [0.4, 0.5) is 5.69 Å². The Labute approximate surface area is 219 Å². The van der Waals surface area contributed by atoms with Gasteiger partial charge in [0.25, 0.3) is 0 Å². The molecule has 8 heteroatoms. The SMILES string of the molecule is CCOCCOCCOCCOCCNC(=O)CCC(=O)N1Cc2ccccc2C#Cc2ccccc21. The van der Waals surface area contributed by atoms with Crippen molar-refractivity contribution in [2.75, 3.05) is 64.3 Å². The van der Waals surface area contributed by atoms with Gasteiger partial charge in [0.05, 0.1) is 58.5 Å². The molecule has 0 spiro atoms. The first-order chi connectivity index (χ1) is 18.2. The fraction of sp³-hybridized carbons (Fsp3) is 0.448. The number of nitrogens with zero attached hydrogens (tertiary/aromatic N) is 1. The summed E-state index contributed by atoms with van der Waals surface area (Å²) in [5.41, 5.74) is 3.45. The molecule has 0 fully saturated rings. The molecule has 0 atom stereocenters. The molecule has 1 N–H and O–H groups in total. The normalized spacial score (nSPS) is 12.0. The van der Waals surface area contributed by atoms with E-state index in [1.807, 2.05) is 55.5 Å².